The van der Waals surface area contributed by atoms with Gasteiger partial charge in [-0.15, -0.1) is 0 Å². The maximum Gasteiger partial charge on any atom is 0.324 e. The van der Waals surface area contributed by atoms with Crippen LogP contribution >= 0.6 is 11.3 Å². The smallest absolute Gasteiger partial charge is 0.324 e. The van der Waals surface area contributed by atoms with Crippen LogP contribution in [0.5, 0.6) is 0 Å². The average Bonchev–Trinajstić information content (AvgIpc) is 3.36. The van der Waals surface area contributed by atoms with E-state index in [4.69, 9.17) is 0 Å². The lowest BCUT2D eigenvalue weighted by Gasteiger charge is -2.28. The average molecular weight is 364 g/mol. The van der Waals surface area contributed by atoms with E-state index in [-0.39, 0.29) is 16.8 Å². The summed E-state index contributed by atoms with van der Waals surface area (Å²) in [6.45, 7) is 3.98. The second-order valence-electron chi connectivity index (χ2n) is 6.97. The van der Waals surface area contributed by atoms with Gasteiger partial charge in [0.2, 0.25) is 5.91 Å². The van der Waals surface area contributed by atoms with E-state index in [1.807, 2.05) is 4.90 Å². The van der Waals surface area contributed by atoms with Crippen molar-refractivity contribution in [1.82, 2.24) is 15.1 Å². The number of nitrogens with zero attached hydrogens (tertiary/aromatic N) is 3. The van der Waals surface area contributed by atoms with Gasteiger partial charge >= 0.3 is 5.00 Å². The van der Waals surface area contributed by atoms with E-state index >= 15 is 0 Å². The number of nitro groups is 1. The molecule has 0 spiro atoms. The Labute approximate surface area is 148 Å². The molecule has 0 bridgehead atoms. The van der Waals surface area contributed by atoms with Gasteiger partial charge in [0.1, 0.15) is 6.04 Å². The molecule has 0 aromatic carbocycles. The molecule has 8 nitrogen and oxygen atoms in total. The molecule has 4 rings (SSSR count). The van der Waals surface area contributed by atoms with Crippen molar-refractivity contribution in [1.29, 1.82) is 0 Å². The Morgan fingerprint density at radius 3 is 2.60 bits per heavy atom. The fourth-order valence-electron chi connectivity index (χ4n) is 4.19. The number of likely N-dealkylation sites (tertiary alicyclic amines) is 2. The van der Waals surface area contributed by atoms with Gasteiger partial charge in [0.05, 0.1) is 9.80 Å². The van der Waals surface area contributed by atoms with Gasteiger partial charge in [-0.05, 0) is 30.7 Å². The number of thiophene rings is 1. The fourth-order valence-corrected chi connectivity index (χ4v) is 4.97. The predicted octanol–water partition coefficient (Wildman–Crippen LogP) is 0.939. The quantitative estimate of drug-likeness (QED) is 0.636. The molecule has 0 radical (unpaired) electrons. The number of carbonyl (C=O) groups is 2. The number of fused-ring (bicyclic) bond motifs is 1. The van der Waals surface area contributed by atoms with E-state index in [2.05, 4.69) is 5.32 Å². The number of hydrogen-bond acceptors (Lipinski definition) is 6. The van der Waals surface area contributed by atoms with Crippen molar-refractivity contribution >= 4 is 28.2 Å². The molecule has 1 N–H and O–H groups in total. The summed E-state index contributed by atoms with van der Waals surface area (Å²) < 4.78 is 0. The Hall–Kier alpha value is -2.00. The fraction of sp³-hybridized carbons (Fsp3) is 0.625. The van der Waals surface area contributed by atoms with Crippen molar-refractivity contribution in [2.75, 3.05) is 32.7 Å². The summed E-state index contributed by atoms with van der Waals surface area (Å²) >= 11 is 0.872. The Morgan fingerprint density at radius 2 is 1.96 bits per heavy atom. The lowest BCUT2D eigenvalue weighted by molar-refractivity contribution is -0.380. The molecule has 3 fully saturated rings. The number of carbonyl (C=O) groups excluding carboxylic acids is 2. The van der Waals surface area contributed by atoms with Crippen LogP contribution in [0.4, 0.5) is 5.00 Å². The van der Waals surface area contributed by atoms with E-state index in [1.165, 1.54) is 12.1 Å². The second-order valence-corrected chi connectivity index (χ2v) is 8.04. The summed E-state index contributed by atoms with van der Waals surface area (Å²) in [4.78, 5) is 39.9. The lowest BCUT2D eigenvalue weighted by atomic mass is 10.0. The third-order valence-electron chi connectivity index (χ3n) is 5.48. The summed E-state index contributed by atoms with van der Waals surface area (Å²) in [5.74, 6) is 0.810. The van der Waals surface area contributed by atoms with Crippen LogP contribution in [0.25, 0.3) is 0 Å². The first-order chi connectivity index (χ1) is 12.0. The van der Waals surface area contributed by atoms with Crippen molar-refractivity contribution < 1.29 is 14.5 Å². The first kappa shape index (κ1) is 16.5. The first-order valence-corrected chi connectivity index (χ1v) is 9.41. The van der Waals surface area contributed by atoms with Crippen LogP contribution in [0.3, 0.4) is 0 Å². The summed E-state index contributed by atoms with van der Waals surface area (Å²) in [7, 11) is 0. The minimum Gasteiger partial charge on any atom is -0.340 e. The third kappa shape index (κ3) is 2.91. The second kappa shape index (κ2) is 6.38. The molecule has 2 amide bonds. The molecule has 1 unspecified atom stereocenters. The van der Waals surface area contributed by atoms with Crippen LogP contribution < -0.4 is 5.32 Å². The topological polar surface area (TPSA) is 95.8 Å². The Morgan fingerprint density at radius 1 is 1.24 bits per heavy atom. The standard InChI is InChI=1S/C16H20N4O4S/c21-15(18-8-10-6-17-7-11(10)9-18)12-2-1-5-19(12)16(22)13-3-4-14(25-13)20(23)24/h3-4,10-12,17H,1-2,5-9H2/t10-,11+,12?. The molecule has 134 valence electrons. The SMILES string of the molecule is O=C(C1CCCN1C(=O)c1ccc([N+](=O)[O-])s1)N1C[C@H]2CNC[C@H]2C1. The first-order valence-electron chi connectivity index (χ1n) is 8.59. The molecule has 3 aliphatic rings. The molecule has 1 aromatic rings. The predicted molar refractivity (Wildman–Crippen MR) is 91.5 cm³/mol. The van der Waals surface area contributed by atoms with Crippen molar-refractivity contribution in [3.05, 3.63) is 27.1 Å². The number of nitrogens with one attached hydrogen (secondary N) is 1. The summed E-state index contributed by atoms with van der Waals surface area (Å²) in [5, 5.41) is 14.1. The highest BCUT2D eigenvalue weighted by Gasteiger charge is 2.43. The van der Waals surface area contributed by atoms with Gasteiger partial charge in [0.25, 0.3) is 5.91 Å². The number of amides is 2. The molecule has 3 atom stereocenters. The molecular weight excluding hydrogens is 344 g/mol. The maximum atomic E-state index is 12.9. The highest BCUT2D eigenvalue weighted by Crippen LogP contribution is 2.31. The zero-order valence-corrected chi connectivity index (χ0v) is 14.5. The van der Waals surface area contributed by atoms with E-state index in [9.17, 15) is 19.7 Å². The molecule has 0 saturated carbocycles. The van der Waals surface area contributed by atoms with Gasteiger partial charge in [0, 0.05) is 38.8 Å². The summed E-state index contributed by atoms with van der Waals surface area (Å²) in [6, 6.07) is 2.40. The zero-order valence-electron chi connectivity index (χ0n) is 13.7. The van der Waals surface area contributed by atoms with Crippen molar-refractivity contribution in [3.63, 3.8) is 0 Å². The van der Waals surface area contributed by atoms with Gasteiger partial charge in [-0.25, -0.2) is 0 Å². The highest BCUT2D eigenvalue weighted by atomic mass is 32.1. The molecule has 3 saturated heterocycles. The maximum absolute atomic E-state index is 12.9. The van der Waals surface area contributed by atoms with Gasteiger partial charge in [0.15, 0.2) is 0 Å². The van der Waals surface area contributed by atoms with Crippen LogP contribution in [0.1, 0.15) is 22.5 Å². The van der Waals surface area contributed by atoms with Gasteiger partial charge in [-0.1, -0.05) is 11.3 Å². The molecule has 25 heavy (non-hydrogen) atoms. The lowest BCUT2D eigenvalue weighted by Crippen LogP contribution is -2.47. The summed E-state index contributed by atoms with van der Waals surface area (Å²) in [5.41, 5.74) is 0. The summed E-state index contributed by atoms with van der Waals surface area (Å²) in [6.07, 6.45) is 1.46. The minimum atomic E-state index is -0.495. The molecule has 4 heterocycles. The Kier molecular flexibility index (Phi) is 4.20. The molecule has 3 aliphatic heterocycles. The van der Waals surface area contributed by atoms with Crippen molar-refractivity contribution in [3.8, 4) is 0 Å². The minimum absolute atomic E-state index is 0.0336. The Bertz CT molecular complexity index is 709. The largest absolute Gasteiger partial charge is 0.340 e. The van der Waals surface area contributed by atoms with Gasteiger partial charge in [-0.3, -0.25) is 19.7 Å². The molecule has 1 aromatic heterocycles. The zero-order chi connectivity index (χ0) is 17.6. The third-order valence-corrected chi connectivity index (χ3v) is 6.51. The van der Waals surface area contributed by atoms with Crippen LogP contribution in [0.15, 0.2) is 12.1 Å². The van der Waals surface area contributed by atoms with E-state index in [0.29, 0.717) is 29.7 Å². The monoisotopic (exact) mass is 364 g/mol. The van der Waals surface area contributed by atoms with E-state index in [1.54, 1.807) is 4.90 Å². The van der Waals surface area contributed by atoms with E-state index in [0.717, 1.165) is 43.9 Å². The van der Waals surface area contributed by atoms with Crippen LogP contribution in [-0.2, 0) is 4.79 Å². The normalized spacial score (nSPS) is 28.4. The van der Waals surface area contributed by atoms with Crippen molar-refractivity contribution in [2.24, 2.45) is 11.8 Å². The van der Waals surface area contributed by atoms with E-state index < -0.39 is 11.0 Å². The van der Waals surface area contributed by atoms with Crippen molar-refractivity contribution in [2.45, 2.75) is 18.9 Å². The molecule has 9 heteroatoms. The number of hydrogen-bond donors (Lipinski definition) is 1. The Balaban J connectivity index is 1.47. The van der Waals surface area contributed by atoms with Gasteiger partial charge < -0.3 is 15.1 Å². The van der Waals surface area contributed by atoms with Gasteiger partial charge in [-0.2, -0.15) is 0 Å². The highest BCUT2D eigenvalue weighted by molar-refractivity contribution is 7.17. The molecule has 0 aliphatic carbocycles. The van der Waals surface area contributed by atoms with Crippen LogP contribution in [-0.4, -0.2) is 65.3 Å². The number of rotatable bonds is 3. The molecular formula is C16H20N4O4S. The van der Waals surface area contributed by atoms with Crippen LogP contribution in [0, 0.1) is 22.0 Å². The van der Waals surface area contributed by atoms with Crippen LogP contribution in [0.2, 0.25) is 0 Å².